The molecule has 0 radical (unpaired) electrons. The van der Waals surface area contributed by atoms with E-state index in [1.807, 2.05) is 47.9 Å². The van der Waals surface area contributed by atoms with E-state index in [1.165, 1.54) is 24.3 Å². The summed E-state index contributed by atoms with van der Waals surface area (Å²) in [6.45, 7) is 3.83. The number of benzene rings is 3. The van der Waals surface area contributed by atoms with Crippen LogP contribution < -0.4 is 5.01 Å². The molecular weight excluding hydrogens is 551 g/mol. The Bertz CT molecular complexity index is 1690. The average Bonchev–Trinajstić information content (AvgIpc) is 3.40. The third kappa shape index (κ3) is 4.58. The Hall–Kier alpha value is -4.41. The van der Waals surface area contributed by atoms with Crippen molar-refractivity contribution in [2.24, 2.45) is 5.10 Å². The van der Waals surface area contributed by atoms with Crippen molar-refractivity contribution in [3.8, 4) is 0 Å². The Labute approximate surface area is 230 Å². The van der Waals surface area contributed by atoms with Crippen LogP contribution >= 0.6 is 0 Å². The number of anilines is 1. The Kier molecular flexibility index (Phi) is 6.79. The Morgan fingerprint density at radius 1 is 0.805 bits per heavy atom. The maximum Gasteiger partial charge on any atom is 0.460 e. The first-order valence-corrected chi connectivity index (χ1v) is 12.4. The number of fused-ring (bicyclic) bond motifs is 1. The Balaban J connectivity index is 1.74. The summed E-state index contributed by atoms with van der Waals surface area (Å²) >= 11 is 0. The first-order chi connectivity index (χ1) is 19.3. The van der Waals surface area contributed by atoms with Crippen LogP contribution in [0.3, 0.4) is 0 Å². The number of para-hydroxylation sites is 2. The predicted molar refractivity (Wildman–Crippen MR) is 142 cm³/mol. The molecule has 5 rings (SSSR count). The van der Waals surface area contributed by atoms with Crippen molar-refractivity contribution in [2.45, 2.75) is 38.4 Å². The van der Waals surface area contributed by atoms with Crippen LogP contribution in [0.25, 0.3) is 17.0 Å². The van der Waals surface area contributed by atoms with Crippen molar-refractivity contribution in [1.82, 2.24) is 4.57 Å². The molecule has 3 aromatic carbocycles. The van der Waals surface area contributed by atoms with Crippen LogP contribution in [-0.2, 0) is 11.3 Å². The van der Waals surface area contributed by atoms with E-state index < -0.39 is 35.2 Å². The predicted octanol–water partition coefficient (Wildman–Crippen LogP) is 7.93. The average molecular weight is 574 g/mol. The monoisotopic (exact) mass is 573 g/mol. The zero-order chi connectivity index (χ0) is 29.7. The number of aryl methyl sites for hydroxylation is 1. The fraction of sp³-hybridized carbons (Fsp3) is 0.200. The number of alkyl halides is 7. The van der Waals surface area contributed by atoms with Crippen LogP contribution in [0.4, 0.5) is 36.4 Å². The zero-order valence-corrected chi connectivity index (χ0v) is 21.7. The maximum absolute atomic E-state index is 15.2. The first-order valence-electron chi connectivity index (χ1n) is 12.4. The van der Waals surface area contributed by atoms with E-state index in [-0.39, 0.29) is 11.3 Å². The third-order valence-electron chi connectivity index (χ3n) is 6.99. The number of hydrazone groups is 1. The molecule has 0 bridgehead atoms. The first kappa shape index (κ1) is 28.1. The molecule has 1 aromatic heterocycles. The molecular formula is C30H22F7N3O. The molecule has 0 saturated carbocycles. The van der Waals surface area contributed by atoms with Crippen molar-refractivity contribution >= 4 is 34.3 Å². The standard InChI is InChI=1S/C30H22F7N3O/c1-18-10-9-15-22-23(19(2)39(25(18)22)17-20-11-5-3-6-12-20)16-24-26(28(31,32)29(33,34)30(35,36)37)38-40(27(24)41)21-13-7-4-8-14-21/h3-16H,17H2,1-2H3/b24-16+. The van der Waals surface area contributed by atoms with Gasteiger partial charge in [0, 0.05) is 23.2 Å². The minimum atomic E-state index is -6.61. The van der Waals surface area contributed by atoms with Gasteiger partial charge >= 0.3 is 18.0 Å². The van der Waals surface area contributed by atoms with Gasteiger partial charge in [-0.2, -0.15) is 40.8 Å². The topological polar surface area (TPSA) is 37.6 Å². The summed E-state index contributed by atoms with van der Waals surface area (Å²) < 4.78 is 100. The number of nitrogens with zero attached hydrogens (tertiary/aromatic N) is 3. The van der Waals surface area contributed by atoms with E-state index in [9.17, 15) is 26.7 Å². The summed E-state index contributed by atoms with van der Waals surface area (Å²) in [5.41, 5.74) is -0.00614. The number of halogens is 7. The summed E-state index contributed by atoms with van der Waals surface area (Å²) in [6.07, 6.45) is -5.67. The Morgan fingerprint density at radius 2 is 1.41 bits per heavy atom. The molecule has 1 amide bonds. The minimum Gasteiger partial charge on any atom is -0.340 e. The molecule has 1 aliphatic rings. The molecule has 4 nitrogen and oxygen atoms in total. The molecule has 0 saturated heterocycles. The van der Waals surface area contributed by atoms with Crippen molar-refractivity contribution in [3.63, 3.8) is 0 Å². The van der Waals surface area contributed by atoms with Gasteiger partial charge in [-0.3, -0.25) is 4.79 Å². The van der Waals surface area contributed by atoms with Crippen LogP contribution in [-0.4, -0.2) is 34.2 Å². The second-order valence-electron chi connectivity index (χ2n) is 9.65. The SMILES string of the molecule is Cc1cccc2c(/C=C3/C(=O)N(c4ccccc4)N=C3C(F)(F)C(F)(F)C(F)(F)F)c(C)n(Cc3ccccc3)c12. The molecule has 0 fully saturated rings. The number of carbonyl (C=O) groups is 1. The number of carbonyl (C=O) groups excluding carboxylic acids is 1. The maximum atomic E-state index is 15.2. The molecule has 41 heavy (non-hydrogen) atoms. The van der Waals surface area contributed by atoms with Crippen LogP contribution in [0.2, 0.25) is 0 Å². The van der Waals surface area contributed by atoms with Gasteiger partial charge in [-0.15, -0.1) is 0 Å². The molecule has 0 atom stereocenters. The van der Waals surface area contributed by atoms with Gasteiger partial charge in [0.1, 0.15) is 0 Å². The van der Waals surface area contributed by atoms with E-state index in [2.05, 4.69) is 5.10 Å². The normalized spacial score (nSPS) is 15.7. The number of hydrogen-bond acceptors (Lipinski definition) is 2. The molecule has 11 heteroatoms. The molecule has 2 heterocycles. The van der Waals surface area contributed by atoms with Gasteiger partial charge in [-0.05, 0) is 43.2 Å². The van der Waals surface area contributed by atoms with Crippen LogP contribution in [0, 0.1) is 13.8 Å². The van der Waals surface area contributed by atoms with Crippen LogP contribution in [0.1, 0.15) is 22.4 Å². The second kappa shape index (κ2) is 9.90. The smallest absolute Gasteiger partial charge is 0.340 e. The van der Waals surface area contributed by atoms with Crippen molar-refractivity contribution in [2.75, 3.05) is 5.01 Å². The highest BCUT2D eigenvalue weighted by molar-refractivity contribution is 6.35. The fourth-order valence-corrected chi connectivity index (χ4v) is 4.88. The summed E-state index contributed by atoms with van der Waals surface area (Å²) in [5.74, 6) is -13.6. The summed E-state index contributed by atoms with van der Waals surface area (Å²) in [6, 6.07) is 21.5. The van der Waals surface area contributed by atoms with Gasteiger partial charge in [-0.1, -0.05) is 66.7 Å². The minimum absolute atomic E-state index is 0.0800. The third-order valence-corrected chi connectivity index (χ3v) is 6.99. The van der Waals surface area contributed by atoms with Crippen molar-refractivity contribution < 1.29 is 35.5 Å². The van der Waals surface area contributed by atoms with Gasteiger partial charge in [0.25, 0.3) is 5.91 Å². The Morgan fingerprint density at radius 3 is 2.02 bits per heavy atom. The summed E-state index contributed by atoms with van der Waals surface area (Å²) in [4.78, 5) is 13.4. The highest BCUT2D eigenvalue weighted by Crippen LogP contribution is 2.49. The van der Waals surface area contributed by atoms with E-state index in [1.54, 1.807) is 25.1 Å². The van der Waals surface area contributed by atoms with E-state index >= 15 is 8.78 Å². The molecule has 0 N–H and O–H groups in total. The molecule has 0 unspecified atom stereocenters. The number of aromatic nitrogens is 1. The van der Waals surface area contributed by atoms with E-state index in [4.69, 9.17) is 0 Å². The van der Waals surface area contributed by atoms with E-state index in [0.717, 1.165) is 17.2 Å². The number of amides is 1. The second-order valence-corrected chi connectivity index (χ2v) is 9.65. The summed E-state index contributed by atoms with van der Waals surface area (Å²) in [7, 11) is 0. The number of hydrogen-bond donors (Lipinski definition) is 0. The van der Waals surface area contributed by atoms with Crippen molar-refractivity contribution in [1.29, 1.82) is 0 Å². The fourth-order valence-electron chi connectivity index (χ4n) is 4.88. The lowest BCUT2D eigenvalue weighted by Gasteiger charge is -2.27. The van der Waals surface area contributed by atoms with E-state index in [0.29, 0.717) is 28.2 Å². The summed E-state index contributed by atoms with van der Waals surface area (Å²) in [5, 5.41) is 4.28. The molecule has 1 aliphatic heterocycles. The van der Waals surface area contributed by atoms with Gasteiger partial charge in [0.05, 0.1) is 16.8 Å². The lowest BCUT2D eigenvalue weighted by atomic mass is 9.96. The number of rotatable bonds is 6. The lowest BCUT2D eigenvalue weighted by Crippen LogP contribution is -2.56. The van der Waals surface area contributed by atoms with Crippen molar-refractivity contribution in [3.05, 3.63) is 107 Å². The quantitative estimate of drug-likeness (QED) is 0.171. The van der Waals surface area contributed by atoms with Gasteiger partial charge in [0.2, 0.25) is 0 Å². The molecule has 0 aliphatic carbocycles. The lowest BCUT2D eigenvalue weighted by molar-refractivity contribution is -0.336. The largest absolute Gasteiger partial charge is 0.460 e. The molecule has 212 valence electrons. The van der Waals surface area contributed by atoms with Gasteiger partial charge in [0.15, 0.2) is 5.71 Å². The highest BCUT2D eigenvalue weighted by Gasteiger charge is 2.76. The van der Waals surface area contributed by atoms with Gasteiger partial charge in [-0.25, -0.2) is 0 Å². The molecule has 4 aromatic rings. The zero-order valence-electron chi connectivity index (χ0n) is 21.7. The highest BCUT2D eigenvalue weighted by atomic mass is 19.4. The van der Waals surface area contributed by atoms with Gasteiger partial charge < -0.3 is 4.57 Å². The van der Waals surface area contributed by atoms with Crippen LogP contribution in [0.5, 0.6) is 0 Å². The van der Waals surface area contributed by atoms with Crippen LogP contribution in [0.15, 0.2) is 89.5 Å². The molecule has 0 spiro atoms.